The first-order valence-corrected chi connectivity index (χ1v) is 7.61. The second-order valence-electron chi connectivity index (χ2n) is 5.15. The lowest BCUT2D eigenvalue weighted by Crippen LogP contribution is -2.36. The van der Waals surface area contributed by atoms with Crippen molar-refractivity contribution in [1.82, 2.24) is 0 Å². The van der Waals surface area contributed by atoms with Gasteiger partial charge < -0.3 is 10.4 Å². The van der Waals surface area contributed by atoms with Gasteiger partial charge in [-0.25, -0.2) is 0 Å². The van der Waals surface area contributed by atoms with Gasteiger partial charge in [0.05, 0.1) is 12.1 Å². The Hall–Kier alpha value is -1.32. The van der Waals surface area contributed by atoms with E-state index in [1.54, 1.807) is 0 Å². The summed E-state index contributed by atoms with van der Waals surface area (Å²) in [4.78, 5) is 0. The molecule has 20 heavy (non-hydrogen) atoms. The van der Waals surface area contributed by atoms with Crippen LogP contribution >= 0.6 is 15.9 Å². The van der Waals surface area contributed by atoms with E-state index in [4.69, 9.17) is 0 Å². The molecule has 0 radical (unpaired) electrons. The zero-order valence-corrected chi connectivity index (χ0v) is 13.4. The van der Waals surface area contributed by atoms with Crippen molar-refractivity contribution in [3.05, 3.63) is 64.1 Å². The summed E-state index contributed by atoms with van der Waals surface area (Å²) in [6.07, 6.45) is 1.02. The average Bonchev–Trinajstić information content (AvgIpc) is 2.49. The molecule has 0 aliphatic carbocycles. The maximum atomic E-state index is 9.84. The van der Waals surface area contributed by atoms with Gasteiger partial charge in [0.2, 0.25) is 0 Å². The molecule has 106 valence electrons. The minimum atomic E-state index is -0.504. The number of benzene rings is 2. The van der Waals surface area contributed by atoms with Gasteiger partial charge in [0.1, 0.15) is 0 Å². The molecular formula is C17H20BrNO. The number of anilines is 1. The number of halogens is 1. The van der Waals surface area contributed by atoms with E-state index < -0.39 is 5.54 Å². The van der Waals surface area contributed by atoms with Crippen LogP contribution in [0.1, 0.15) is 25.0 Å². The Morgan fingerprint density at radius 2 is 1.75 bits per heavy atom. The molecule has 0 saturated carbocycles. The second-order valence-corrected chi connectivity index (χ2v) is 6.00. The Kier molecular flexibility index (Phi) is 4.84. The summed E-state index contributed by atoms with van der Waals surface area (Å²) < 4.78 is 0.991. The van der Waals surface area contributed by atoms with Crippen LogP contribution in [0.5, 0.6) is 0 Å². The average molecular weight is 334 g/mol. The number of aliphatic hydroxyl groups excluding tert-OH is 1. The van der Waals surface area contributed by atoms with Gasteiger partial charge in [-0.15, -0.1) is 0 Å². The smallest absolute Gasteiger partial charge is 0.0828 e. The molecule has 2 rings (SSSR count). The van der Waals surface area contributed by atoms with E-state index in [0.29, 0.717) is 0 Å². The summed E-state index contributed by atoms with van der Waals surface area (Å²) in [6, 6.07) is 16.3. The predicted molar refractivity (Wildman–Crippen MR) is 88.0 cm³/mol. The Morgan fingerprint density at radius 1 is 1.10 bits per heavy atom. The Balaban J connectivity index is 2.30. The molecule has 0 heterocycles. The normalized spacial score (nSPS) is 13.8. The largest absolute Gasteiger partial charge is 0.394 e. The van der Waals surface area contributed by atoms with Crippen molar-refractivity contribution in [1.29, 1.82) is 0 Å². The van der Waals surface area contributed by atoms with Crippen LogP contribution in [0.25, 0.3) is 0 Å². The third-order valence-corrected chi connectivity index (χ3v) is 4.29. The molecule has 0 saturated heterocycles. The van der Waals surface area contributed by atoms with Gasteiger partial charge in [-0.3, -0.25) is 0 Å². The van der Waals surface area contributed by atoms with Gasteiger partial charge in [-0.1, -0.05) is 43.3 Å². The fourth-order valence-corrected chi connectivity index (χ4v) is 2.55. The van der Waals surface area contributed by atoms with E-state index >= 15 is 0 Å². The molecular weight excluding hydrogens is 314 g/mol. The first-order valence-electron chi connectivity index (χ1n) is 6.82. The van der Waals surface area contributed by atoms with Gasteiger partial charge in [0, 0.05) is 10.2 Å². The molecule has 0 aliphatic heterocycles. The lowest BCUT2D eigenvalue weighted by molar-refractivity contribution is 0.224. The molecule has 1 unspecified atom stereocenters. The molecule has 3 heteroatoms. The molecule has 2 nitrogen and oxygen atoms in total. The maximum Gasteiger partial charge on any atom is 0.0828 e. The number of nitrogens with one attached hydrogen (secondary N) is 1. The van der Waals surface area contributed by atoms with Crippen molar-refractivity contribution in [2.45, 2.75) is 25.8 Å². The van der Waals surface area contributed by atoms with Crippen molar-refractivity contribution in [3.8, 4) is 0 Å². The zero-order chi connectivity index (χ0) is 14.6. The molecule has 1 atom stereocenters. The Labute approximate surface area is 129 Å². The van der Waals surface area contributed by atoms with Crippen LogP contribution in [0.4, 0.5) is 5.69 Å². The predicted octanol–water partition coefficient (Wildman–Crippen LogP) is 4.33. The third kappa shape index (κ3) is 3.22. The summed E-state index contributed by atoms with van der Waals surface area (Å²) in [5.74, 6) is 0. The van der Waals surface area contributed by atoms with Crippen molar-refractivity contribution in [2.24, 2.45) is 0 Å². The fraction of sp³-hybridized carbons (Fsp3) is 0.294. The SMILES string of the molecule is CCc1ccc(C(C)(CO)Nc2ccccc2Br)cc1. The van der Waals surface area contributed by atoms with Crippen LogP contribution in [0, 0.1) is 0 Å². The molecule has 2 aromatic rings. The molecule has 0 aromatic heterocycles. The maximum absolute atomic E-state index is 9.84. The third-order valence-electron chi connectivity index (χ3n) is 3.60. The Morgan fingerprint density at radius 3 is 2.30 bits per heavy atom. The topological polar surface area (TPSA) is 32.3 Å². The molecule has 0 aliphatic rings. The summed E-state index contributed by atoms with van der Waals surface area (Å²) in [5.41, 5.74) is 2.85. The summed E-state index contributed by atoms with van der Waals surface area (Å²) in [6.45, 7) is 4.17. The highest BCUT2D eigenvalue weighted by Gasteiger charge is 2.26. The van der Waals surface area contributed by atoms with Crippen molar-refractivity contribution in [3.63, 3.8) is 0 Å². The number of aryl methyl sites for hydroxylation is 1. The number of aliphatic hydroxyl groups is 1. The number of hydrogen-bond acceptors (Lipinski definition) is 2. The van der Waals surface area contributed by atoms with Gasteiger partial charge in [0.15, 0.2) is 0 Å². The highest BCUT2D eigenvalue weighted by Crippen LogP contribution is 2.30. The summed E-state index contributed by atoms with van der Waals surface area (Å²) in [5, 5.41) is 13.3. The van der Waals surface area contributed by atoms with E-state index in [1.807, 2.05) is 31.2 Å². The molecule has 2 N–H and O–H groups in total. The molecule has 0 bridgehead atoms. The highest BCUT2D eigenvalue weighted by molar-refractivity contribution is 9.10. The number of para-hydroxylation sites is 1. The van der Waals surface area contributed by atoms with Crippen LogP contribution in [0.3, 0.4) is 0 Å². The molecule has 0 spiro atoms. The zero-order valence-electron chi connectivity index (χ0n) is 11.9. The second kappa shape index (κ2) is 6.42. The molecule has 0 fully saturated rings. The van der Waals surface area contributed by atoms with E-state index in [-0.39, 0.29) is 6.61 Å². The van der Waals surface area contributed by atoms with E-state index in [1.165, 1.54) is 5.56 Å². The van der Waals surface area contributed by atoms with Crippen LogP contribution in [-0.4, -0.2) is 11.7 Å². The number of rotatable bonds is 5. The van der Waals surface area contributed by atoms with Crippen LogP contribution in [0.2, 0.25) is 0 Å². The van der Waals surface area contributed by atoms with Gasteiger partial charge in [0.25, 0.3) is 0 Å². The Bertz CT molecular complexity index is 567. The lowest BCUT2D eigenvalue weighted by Gasteiger charge is -2.31. The quantitative estimate of drug-likeness (QED) is 0.853. The first kappa shape index (κ1) is 15.1. The van der Waals surface area contributed by atoms with Crippen LogP contribution in [0.15, 0.2) is 53.0 Å². The van der Waals surface area contributed by atoms with Gasteiger partial charge in [-0.2, -0.15) is 0 Å². The molecule has 0 amide bonds. The number of hydrogen-bond donors (Lipinski definition) is 2. The van der Waals surface area contributed by atoms with Crippen molar-refractivity contribution < 1.29 is 5.11 Å². The minimum absolute atomic E-state index is 0.0276. The van der Waals surface area contributed by atoms with Crippen molar-refractivity contribution in [2.75, 3.05) is 11.9 Å². The van der Waals surface area contributed by atoms with E-state index in [9.17, 15) is 5.11 Å². The van der Waals surface area contributed by atoms with E-state index in [2.05, 4.69) is 52.4 Å². The minimum Gasteiger partial charge on any atom is -0.394 e. The van der Waals surface area contributed by atoms with Gasteiger partial charge in [-0.05, 0) is 52.5 Å². The summed E-state index contributed by atoms with van der Waals surface area (Å²) in [7, 11) is 0. The van der Waals surface area contributed by atoms with Crippen molar-refractivity contribution >= 4 is 21.6 Å². The summed E-state index contributed by atoms with van der Waals surface area (Å²) >= 11 is 3.53. The first-order chi connectivity index (χ1) is 9.59. The van der Waals surface area contributed by atoms with Crippen LogP contribution < -0.4 is 5.32 Å². The van der Waals surface area contributed by atoms with Gasteiger partial charge >= 0.3 is 0 Å². The lowest BCUT2D eigenvalue weighted by atomic mass is 9.91. The fourth-order valence-electron chi connectivity index (χ4n) is 2.17. The highest BCUT2D eigenvalue weighted by atomic mass is 79.9. The molecule has 2 aromatic carbocycles. The standard InChI is InChI=1S/C17H20BrNO/c1-3-13-8-10-14(11-9-13)17(2,12-20)19-16-7-5-4-6-15(16)18/h4-11,19-20H,3,12H2,1-2H3. The van der Waals surface area contributed by atoms with E-state index in [0.717, 1.165) is 22.1 Å². The van der Waals surface area contributed by atoms with Crippen LogP contribution in [-0.2, 0) is 12.0 Å². The monoisotopic (exact) mass is 333 g/mol.